The first-order chi connectivity index (χ1) is 10.8. The van der Waals surface area contributed by atoms with Crippen LogP contribution in [0.5, 0.6) is 0 Å². The number of ether oxygens (including phenoxy) is 2. The van der Waals surface area contributed by atoms with Crippen LogP contribution in [-0.4, -0.2) is 52.1 Å². The van der Waals surface area contributed by atoms with Gasteiger partial charge in [0, 0.05) is 13.0 Å². The van der Waals surface area contributed by atoms with Crippen LogP contribution < -0.4 is 0 Å². The molecule has 0 aromatic rings. The minimum Gasteiger partial charge on any atom is -0.489 e. The van der Waals surface area contributed by atoms with Crippen LogP contribution in [0.1, 0.15) is 34.1 Å². The number of amides is 1. The maximum absolute atomic E-state index is 12.1. The first-order valence-electron chi connectivity index (χ1n) is 8.06. The molecule has 0 N–H and O–H groups in total. The first-order valence-corrected chi connectivity index (χ1v) is 8.94. The zero-order chi connectivity index (χ0) is 16.6. The Bertz CT molecular complexity index is 577. The summed E-state index contributed by atoms with van der Waals surface area (Å²) in [5, 5.41) is 1.53. The van der Waals surface area contributed by atoms with E-state index in [1.807, 2.05) is 33.8 Å². The van der Waals surface area contributed by atoms with Crippen molar-refractivity contribution >= 4 is 22.9 Å². The third-order valence-corrected chi connectivity index (χ3v) is 5.01. The van der Waals surface area contributed by atoms with Gasteiger partial charge >= 0.3 is 6.09 Å². The molecule has 1 fully saturated rings. The predicted octanol–water partition coefficient (Wildman–Crippen LogP) is 3.37. The fourth-order valence-electron chi connectivity index (χ4n) is 2.87. The van der Waals surface area contributed by atoms with Gasteiger partial charge in [0.2, 0.25) is 0 Å². The molecule has 1 aliphatic carbocycles. The molecular formula is C17H24N2O3S. The van der Waals surface area contributed by atoms with Gasteiger partial charge in [0.05, 0.1) is 22.9 Å². The molecule has 6 heteroatoms. The Morgan fingerprint density at radius 2 is 2.22 bits per heavy atom. The van der Waals surface area contributed by atoms with Crippen molar-refractivity contribution in [2.45, 2.75) is 57.1 Å². The highest BCUT2D eigenvalue weighted by Gasteiger charge is 2.32. The van der Waals surface area contributed by atoms with Gasteiger partial charge < -0.3 is 14.4 Å². The highest BCUT2D eigenvalue weighted by molar-refractivity contribution is 8.14. The molecule has 0 aromatic heterocycles. The molecular weight excluding hydrogens is 312 g/mol. The van der Waals surface area contributed by atoms with Gasteiger partial charge in [-0.2, -0.15) is 0 Å². The lowest BCUT2D eigenvalue weighted by Crippen LogP contribution is -2.36. The van der Waals surface area contributed by atoms with Crippen molar-refractivity contribution in [1.82, 2.24) is 4.90 Å². The fraction of sp³-hybridized carbons (Fsp3) is 0.647. The Balaban J connectivity index is 1.54. The molecule has 3 atom stereocenters. The molecule has 2 aliphatic heterocycles. The molecule has 0 spiro atoms. The molecule has 0 saturated carbocycles. The van der Waals surface area contributed by atoms with Crippen LogP contribution in [0, 0.1) is 0 Å². The zero-order valence-electron chi connectivity index (χ0n) is 14.1. The number of hydrogen-bond acceptors (Lipinski definition) is 5. The van der Waals surface area contributed by atoms with E-state index in [1.54, 1.807) is 16.7 Å². The number of carbonyl (C=O) groups excluding carboxylic acids is 1. The van der Waals surface area contributed by atoms with Crippen molar-refractivity contribution in [1.29, 1.82) is 0 Å². The van der Waals surface area contributed by atoms with E-state index >= 15 is 0 Å². The normalized spacial score (nSPS) is 29.9. The number of hydrogen-bond donors (Lipinski definition) is 0. The van der Waals surface area contributed by atoms with Gasteiger partial charge in [0.1, 0.15) is 17.5 Å². The van der Waals surface area contributed by atoms with Gasteiger partial charge in [0.15, 0.2) is 0 Å². The van der Waals surface area contributed by atoms with Crippen molar-refractivity contribution < 1.29 is 14.3 Å². The fourth-order valence-corrected chi connectivity index (χ4v) is 3.88. The van der Waals surface area contributed by atoms with Crippen molar-refractivity contribution in [3.05, 3.63) is 24.0 Å². The lowest BCUT2D eigenvalue weighted by atomic mass is 10.1. The Hall–Kier alpha value is -1.43. The Morgan fingerprint density at radius 3 is 2.96 bits per heavy atom. The van der Waals surface area contributed by atoms with E-state index in [4.69, 9.17) is 9.47 Å². The number of aliphatic imine (C=N–C) groups is 1. The van der Waals surface area contributed by atoms with Gasteiger partial charge in [-0.3, -0.25) is 4.99 Å². The monoisotopic (exact) mass is 336 g/mol. The van der Waals surface area contributed by atoms with E-state index in [-0.39, 0.29) is 18.2 Å². The van der Waals surface area contributed by atoms with Crippen molar-refractivity contribution in [3.8, 4) is 0 Å². The molecule has 2 heterocycles. The highest BCUT2D eigenvalue weighted by atomic mass is 32.2. The maximum Gasteiger partial charge on any atom is 0.410 e. The van der Waals surface area contributed by atoms with Gasteiger partial charge in [-0.05, 0) is 39.8 Å². The maximum atomic E-state index is 12.1. The zero-order valence-corrected chi connectivity index (χ0v) is 14.9. The number of thioether (sulfide) groups is 1. The number of carbonyl (C=O) groups is 1. The van der Waals surface area contributed by atoms with Gasteiger partial charge in [-0.1, -0.05) is 6.08 Å². The number of likely N-dealkylation sites (tertiary alicyclic amines) is 1. The Labute approximate surface area is 141 Å². The van der Waals surface area contributed by atoms with E-state index in [9.17, 15) is 4.79 Å². The second kappa shape index (κ2) is 6.23. The highest BCUT2D eigenvalue weighted by Crippen LogP contribution is 2.33. The smallest absolute Gasteiger partial charge is 0.410 e. The molecule has 1 amide bonds. The van der Waals surface area contributed by atoms with Gasteiger partial charge in [0.25, 0.3) is 0 Å². The minimum atomic E-state index is -0.463. The summed E-state index contributed by atoms with van der Waals surface area (Å²) in [6, 6.07) is 0.184. The summed E-state index contributed by atoms with van der Waals surface area (Å²) in [7, 11) is 0. The van der Waals surface area contributed by atoms with Crippen molar-refractivity contribution in [3.63, 3.8) is 0 Å². The summed E-state index contributed by atoms with van der Waals surface area (Å²) in [4.78, 5) is 18.4. The van der Waals surface area contributed by atoms with Crippen LogP contribution in [0.3, 0.4) is 0 Å². The number of allylic oxidation sites excluding steroid dienone is 1. The molecule has 5 nitrogen and oxygen atoms in total. The molecule has 0 bridgehead atoms. The third-order valence-electron chi connectivity index (χ3n) is 3.86. The summed E-state index contributed by atoms with van der Waals surface area (Å²) in [6.45, 7) is 8.93. The molecule has 0 radical (unpaired) electrons. The molecule has 126 valence electrons. The largest absolute Gasteiger partial charge is 0.489 e. The molecule has 3 rings (SSSR count). The second-order valence-electron chi connectivity index (χ2n) is 7.10. The average molecular weight is 336 g/mol. The van der Waals surface area contributed by atoms with Crippen LogP contribution in [0.4, 0.5) is 4.79 Å². The van der Waals surface area contributed by atoms with Gasteiger partial charge in [-0.15, -0.1) is 11.8 Å². The van der Waals surface area contributed by atoms with Crippen LogP contribution in [-0.2, 0) is 9.47 Å². The van der Waals surface area contributed by atoms with Crippen LogP contribution >= 0.6 is 11.8 Å². The topological polar surface area (TPSA) is 51.1 Å². The first kappa shape index (κ1) is 16.4. The Morgan fingerprint density at radius 1 is 1.43 bits per heavy atom. The van der Waals surface area contributed by atoms with Crippen molar-refractivity contribution in [2.24, 2.45) is 4.99 Å². The SMILES string of the molecule is CC1=NC2C=C(OC3CCN(C(=O)OC(C)(C)C)C3)C=CC2S1. The molecule has 0 aromatic carbocycles. The van der Waals surface area contributed by atoms with E-state index in [0.29, 0.717) is 18.3 Å². The molecule has 3 unspecified atom stereocenters. The van der Waals surface area contributed by atoms with E-state index in [0.717, 1.165) is 17.2 Å². The second-order valence-corrected chi connectivity index (χ2v) is 8.48. The number of fused-ring (bicyclic) bond motifs is 1. The summed E-state index contributed by atoms with van der Waals surface area (Å²) in [6.07, 6.45) is 6.86. The molecule has 23 heavy (non-hydrogen) atoms. The molecule has 3 aliphatic rings. The average Bonchev–Trinajstić information content (AvgIpc) is 3.02. The summed E-state index contributed by atoms with van der Waals surface area (Å²) in [5.74, 6) is 0.862. The third kappa shape index (κ3) is 4.10. The van der Waals surface area contributed by atoms with E-state index < -0.39 is 5.60 Å². The lowest BCUT2D eigenvalue weighted by molar-refractivity contribution is 0.0260. The van der Waals surface area contributed by atoms with Gasteiger partial charge in [-0.25, -0.2) is 4.79 Å². The van der Waals surface area contributed by atoms with Crippen LogP contribution in [0.15, 0.2) is 29.0 Å². The standard InChI is InChI=1S/C17H24N2O3S/c1-11-18-14-9-12(5-6-15(14)23-11)21-13-7-8-19(10-13)16(20)22-17(2,3)4/h5-6,9,13-15H,7-8,10H2,1-4H3. The van der Waals surface area contributed by atoms with E-state index in [1.165, 1.54) is 0 Å². The number of rotatable bonds is 2. The molecule has 1 saturated heterocycles. The van der Waals surface area contributed by atoms with E-state index in [2.05, 4.69) is 17.1 Å². The Kier molecular flexibility index (Phi) is 4.45. The van der Waals surface area contributed by atoms with Crippen LogP contribution in [0.25, 0.3) is 0 Å². The predicted molar refractivity (Wildman–Crippen MR) is 92.8 cm³/mol. The quantitative estimate of drug-likeness (QED) is 0.776. The summed E-state index contributed by atoms with van der Waals surface area (Å²) >= 11 is 1.80. The lowest BCUT2D eigenvalue weighted by Gasteiger charge is -2.24. The summed E-state index contributed by atoms with van der Waals surface area (Å²) in [5.41, 5.74) is -0.463. The van der Waals surface area contributed by atoms with Crippen molar-refractivity contribution in [2.75, 3.05) is 13.1 Å². The number of nitrogens with zero attached hydrogens (tertiary/aromatic N) is 2. The summed E-state index contributed by atoms with van der Waals surface area (Å²) < 4.78 is 11.5. The van der Waals surface area contributed by atoms with Crippen LogP contribution in [0.2, 0.25) is 0 Å². The minimum absolute atomic E-state index is 0.0223.